The second-order valence-corrected chi connectivity index (χ2v) is 7.86. The van der Waals surface area contributed by atoms with Crippen LogP contribution in [0.4, 0.5) is 4.79 Å². The molecule has 0 spiro atoms. The molecule has 0 aliphatic carbocycles. The number of hydrogen-bond donors (Lipinski definition) is 1. The third kappa shape index (κ3) is 3.33. The Kier molecular flexibility index (Phi) is 4.06. The summed E-state index contributed by atoms with van der Waals surface area (Å²) in [6.07, 6.45) is 2.47. The van der Waals surface area contributed by atoms with Crippen LogP contribution in [-0.4, -0.2) is 39.8 Å². The number of likely N-dealkylation sites (tertiary alicyclic amines) is 1. The summed E-state index contributed by atoms with van der Waals surface area (Å²) in [4.78, 5) is 19.1. The maximum atomic E-state index is 12.1. The van der Waals surface area contributed by atoms with E-state index in [9.17, 15) is 9.90 Å². The molecule has 3 heterocycles. The molecule has 0 aromatic carbocycles. The number of piperidine rings is 1. The van der Waals surface area contributed by atoms with Crippen LogP contribution in [0.5, 0.6) is 0 Å². The predicted octanol–water partition coefficient (Wildman–Crippen LogP) is 3.51. The second kappa shape index (κ2) is 5.76. The van der Waals surface area contributed by atoms with E-state index in [0.29, 0.717) is 25.9 Å². The van der Waals surface area contributed by atoms with E-state index in [1.54, 1.807) is 22.4 Å². The largest absolute Gasteiger partial charge is 0.444 e. The van der Waals surface area contributed by atoms with E-state index in [-0.39, 0.29) is 6.09 Å². The number of carbonyl (C=O) groups is 1. The molecule has 3 rings (SSSR count). The van der Waals surface area contributed by atoms with Gasteiger partial charge in [0, 0.05) is 30.2 Å². The van der Waals surface area contributed by atoms with Crippen molar-refractivity contribution < 1.29 is 14.6 Å². The monoisotopic (exact) mass is 334 g/mol. The normalized spacial score (nSPS) is 18.2. The van der Waals surface area contributed by atoms with Crippen LogP contribution in [0.2, 0.25) is 0 Å². The second-order valence-electron chi connectivity index (χ2n) is 7.00. The number of pyridine rings is 1. The first-order valence-electron chi connectivity index (χ1n) is 7.81. The van der Waals surface area contributed by atoms with Crippen molar-refractivity contribution in [2.75, 3.05) is 13.1 Å². The number of nitrogens with zero attached hydrogens (tertiary/aromatic N) is 2. The number of carbonyl (C=O) groups excluding carboxylic acids is 1. The lowest BCUT2D eigenvalue weighted by molar-refractivity contribution is -0.0345. The molecule has 0 radical (unpaired) electrons. The summed E-state index contributed by atoms with van der Waals surface area (Å²) in [5, 5.41) is 14.1. The van der Waals surface area contributed by atoms with Crippen LogP contribution < -0.4 is 0 Å². The lowest BCUT2D eigenvalue weighted by Crippen LogP contribution is -2.46. The van der Waals surface area contributed by atoms with E-state index >= 15 is 0 Å². The molecule has 1 aliphatic heterocycles. The van der Waals surface area contributed by atoms with Gasteiger partial charge < -0.3 is 14.7 Å². The molecule has 1 amide bonds. The SMILES string of the molecule is CC(C)(C)OC(=O)N1CCC(O)(c2csc3ncccc23)CC1. The van der Waals surface area contributed by atoms with Gasteiger partial charge in [-0.2, -0.15) is 0 Å². The van der Waals surface area contributed by atoms with Crippen molar-refractivity contribution >= 4 is 27.6 Å². The highest BCUT2D eigenvalue weighted by Crippen LogP contribution is 2.39. The van der Waals surface area contributed by atoms with Crippen LogP contribution in [0, 0.1) is 0 Å². The van der Waals surface area contributed by atoms with Crippen molar-refractivity contribution in [1.82, 2.24) is 9.88 Å². The molecule has 1 saturated heterocycles. The summed E-state index contributed by atoms with van der Waals surface area (Å²) in [7, 11) is 0. The minimum absolute atomic E-state index is 0.309. The van der Waals surface area contributed by atoms with Gasteiger partial charge in [-0.25, -0.2) is 9.78 Å². The Morgan fingerprint density at radius 2 is 2.09 bits per heavy atom. The molecule has 2 aromatic rings. The molecular formula is C17H22N2O3S. The van der Waals surface area contributed by atoms with Gasteiger partial charge in [0.1, 0.15) is 10.4 Å². The maximum Gasteiger partial charge on any atom is 0.410 e. The highest BCUT2D eigenvalue weighted by molar-refractivity contribution is 7.16. The molecule has 0 saturated carbocycles. The molecule has 1 fully saturated rings. The lowest BCUT2D eigenvalue weighted by Gasteiger charge is -2.38. The molecule has 6 heteroatoms. The maximum absolute atomic E-state index is 12.1. The van der Waals surface area contributed by atoms with Crippen LogP contribution in [-0.2, 0) is 10.3 Å². The smallest absolute Gasteiger partial charge is 0.410 e. The summed E-state index contributed by atoms with van der Waals surface area (Å²) in [5.41, 5.74) is -0.478. The van der Waals surface area contributed by atoms with Crippen molar-refractivity contribution in [2.24, 2.45) is 0 Å². The molecule has 1 aliphatic rings. The lowest BCUT2D eigenvalue weighted by atomic mass is 9.84. The summed E-state index contributed by atoms with van der Waals surface area (Å²) in [5.74, 6) is 0. The Labute approximate surface area is 139 Å². The van der Waals surface area contributed by atoms with Gasteiger partial charge in [0.15, 0.2) is 0 Å². The molecule has 2 aromatic heterocycles. The van der Waals surface area contributed by atoms with Gasteiger partial charge in [-0.15, -0.1) is 11.3 Å². The first kappa shape index (κ1) is 16.2. The third-order valence-corrected chi connectivity index (χ3v) is 5.00. The number of fused-ring (bicyclic) bond motifs is 1. The van der Waals surface area contributed by atoms with E-state index in [0.717, 1.165) is 15.8 Å². The Hall–Kier alpha value is -1.66. The Morgan fingerprint density at radius 3 is 2.74 bits per heavy atom. The molecular weight excluding hydrogens is 312 g/mol. The van der Waals surface area contributed by atoms with Crippen LogP contribution in [0.1, 0.15) is 39.2 Å². The van der Waals surface area contributed by atoms with Gasteiger partial charge in [0.2, 0.25) is 0 Å². The Morgan fingerprint density at radius 1 is 1.39 bits per heavy atom. The highest BCUT2D eigenvalue weighted by atomic mass is 32.1. The molecule has 0 unspecified atom stereocenters. The van der Waals surface area contributed by atoms with Crippen molar-refractivity contribution in [3.8, 4) is 0 Å². The number of ether oxygens (including phenoxy) is 1. The van der Waals surface area contributed by atoms with E-state index < -0.39 is 11.2 Å². The summed E-state index contributed by atoms with van der Waals surface area (Å²) < 4.78 is 5.40. The molecule has 0 atom stereocenters. The number of aromatic nitrogens is 1. The van der Waals surface area contributed by atoms with Crippen LogP contribution in [0.25, 0.3) is 10.2 Å². The fourth-order valence-electron chi connectivity index (χ4n) is 2.88. The minimum Gasteiger partial charge on any atom is -0.444 e. The third-order valence-electron chi connectivity index (χ3n) is 4.09. The van der Waals surface area contributed by atoms with Crippen molar-refractivity contribution in [1.29, 1.82) is 0 Å². The van der Waals surface area contributed by atoms with Gasteiger partial charge >= 0.3 is 6.09 Å². The van der Waals surface area contributed by atoms with Gasteiger partial charge in [0.05, 0.1) is 5.60 Å². The zero-order valence-electron chi connectivity index (χ0n) is 13.7. The highest BCUT2D eigenvalue weighted by Gasteiger charge is 2.38. The van der Waals surface area contributed by atoms with Crippen LogP contribution in [0.15, 0.2) is 23.7 Å². The fourth-order valence-corrected chi connectivity index (χ4v) is 3.89. The molecule has 23 heavy (non-hydrogen) atoms. The van der Waals surface area contributed by atoms with Crippen molar-refractivity contribution in [3.63, 3.8) is 0 Å². The summed E-state index contributed by atoms with van der Waals surface area (Å²) >= 11 is 1.54. The Bertz CT molecular complexity index is 712. The average molecular weight is 334 g/mol. The number of aliphatic hydroxyl groups is 1. The summed E-state index contributed by atoms with van der Waals surface area (Å²) in [6, 6.07) is 3.88. The number of thiophene rings is 1. The molecule has 1 N–H and O–H groups in total. The molecule has 124 valence electrons. The number of hydrogen-bond acceptors (Lipinski definition) is 5. The predicted molar refractivity (Wildman–Crippen MR) is 90.6 cm³/mol. The number of amides is 1. The van der Waals surface area contributed by atoms with Crippen LogP contribution in [0.3, 0.4) is 0 Å². The first-order valence-corrected chi connectivity index (χ1v) is 8.69. The minimum atomic E-state index is -0.903. The Balaban J connectivity index is 1.74. The topological polar surface area (TPSA) is 62.7 Å². The van der Waals surface area contributed by atoms with E-state index in [4.69, 9.17) is 4.74 Å². The zero-order valence-corrected chi connectivity index (χ0v) is 14.5. The van der Waals surface area contributed by atoms with E-state index in [1.165, 1.54) is 0 Å². The van der Waals surface area contributed by atoms with Gasteiger partial charge in [-0.1, -0.05) is 6.07 Å². The fraction of sp³-hybridized carbons (Fsp3) is 0.529. The summed E-state index contributed by atoms with van der Waals surface area (Å²) in [6.45, 7) is 6.55. The van der Waals surface area contributed by atoms with Crippen molar-refractivity contribution in [2.45, 2.75) is 44.8 Å². The van der Waals surface area contributed by atoms with Gasteiger partial charge in [-0.3, -0.25) is 0 Å². The zero-order chi connectivity index (χ0) is 16.7. The van der Waals surface area contributed by atoms with E-state index in [1.807, 2.05) is 38.3 Å². The van der Waals surface area contributed by atoms with E-state index in [2.05, 4.69) is 4.98 Å². The first-order chi connectivity index (χ1) is 10.8. The van der Waals surface area contributed by atoms with Gasteiger partial charge in [-0.05, 0) is 45.1 Å². The number of rotatable bonds is 1. The quantitative estimate of drug-likeness (QED) is 0.867. The average Bonchev–Trinajstić information content (AvgIpc) is 2.90. The van der Waals surface area contributed by atoms with Crippen LogP contribution >= 0.6 is 11.3 Å². The molecule has 5 nitrogen and oxygen atoms in total. The van der Waals surface area contributed by atoms with Gasteiger partial charge in [0.25, 0.3) is 0 Å². The van der Waals surface area contributed by atoms with Crippen molar-refractivity contribution in [3.05, 3.63) is 29.3 Å². The molecule has 0 bridgehead atoms. The standard InChI is InChI=1S/C17H22N2O3S/c1-16(2,3)22-15(20)19-9-6-17(21,7-10-19)13-11-23-14-12(13)5-4-8-18-14/h4-5,8,11,21H,6-7,9-10H2,1-3H3.